The third-order valence-corrected chi connectivity index (χ3v) is 5.44. The minimum atomic E-state index is -0.197. The molecule has 0 atom stereocenters. The largest absolute Gasteiger partial charge is 0.366 e. The second kappa shape index (κ2) is 8.39. The molecule has 1 aliphatic heterocycles. The molecule has 0 aliphatic carbocycles. The molecule has 1 saturated heterocycles. The van der Waals surface area contributed by atoms with Gasteiger partial charge in [0.25, 0.3) is 0 Å². The van der Waals surface area contributed by atoms with E-state index >= 15 is 0 Å². The van der Waals surface area contributed by atoms with Gasteiger partial charge in [-0.25, -0.2) is 4.39 Å². The lowest BCUT2D eigenvalue weighted by atomic mass is 10.2. The summed E-state index contributed by atoms with van der Waals surface area (Å²) < 4.78 is 13.9. The van der Waals surface area contributed by atoms with E-state index in [1.165, 1.54) is 16.5 Å². The molecule has 1 amide bonds. The molecular formula is C20H23FN2OS. The summed E-state index contributed by atoms with van der Waals surface area (Å²) >= 11 is 1.71. The lowest BCUT2D eigenvalue weighted by molar-refractivity contribution is -0.131. The molecule has 25 heavy (non-hydrogen) atoms. The molecule has 0 bridgehead atoms. The number of carbonyl (C=O) groups excluding carboxylic acids is 1. The van der Waals surface area contributed by atoms with Gasteiger partial charge in [0.05, 0.1) is 5.69 Å². The minimum Gasteiger partial charge on any atom is -0.366 e. The lowest BCUT2D eigenvalue weighted by Crippen LogP contribution is -2.49. The molecule has 5 heteroatoms. The molecule has 2 aromatic rings. The van der Waals surface area contributed by atoms with Crippen LogP contribution in [0.15, 0.2) is 53.4 Å². The maximum atomic E-state index is 13.9. The first-order chi connectivity index (χ1) is 12.1. The average molecular weight is 358 g/mol. The zero-order valence-corrected chi connectivity index (χ0v) is 15.3. The molecule has 3 nitrogen and oxygen atoms in total. The average Bonchev–Trinajstić information content (AvgIpc) is 2.64. The van der Waals surface area contributed by atoms with Crippen LogP contribution in [0.1, 0.15) is 12.0 Å². The Hall–Kier alpha value is -2.01. The van der Waals surface area contributed by atoms with Crippen LogP contribution >= 0.6 is 11.8 Å². The zero-order valence-electron chi connectivity index (χ0n) is 14.5. The van der Waals surface area contributed by atoms with Crippen LogP contribution in [0.25, 0.3) is 0 Å². The van der Waals surface area contributed by atoms with E-state index in [1.54, 1.807) is 23.9 Å². The van der Waals surface area contributed by atoms with E-state index in [0.717, 1.165) is 5.75 Å². The summed E-state index contributed by atoms with van der Waals surface area (Å²) in [5, 5.41) is 0. The number of anilines is 1. The van der Waals surface area contributed by atoms with Crippen molar-refractivity contribution in [1.29, 1.82) is 0 Å². The zero-order chi connectivity index (χ0) is 17.6. The smallest absolute Gasteiger partial charge is 0.223 e. The maximum absolute atomic E-state index is 13.9. The van der Waals surface area contributed by atoms with E-state index in [4.69, 9.17) is 0 Å². The molecule has 1 aliphatic rings. The summed E-state index contributed by atoms with van der Waals surface area (Å²) in [7, 11) is 0. The summed E-state index contributed by atoms with van der Waals surface area (Å²) in [6.07, 6.45) is 0.540. The molecule has 0 radical (unpaired) electrons. The predicted molar refractivity (Wildman–Crippen MR) is 102 cm³/mol. The summed E-state index contributed by atoms with van der Waals surface area (Å²) in [5.41, 5.74) is 1.87. The van der Waals surface area contributed by atoms with E-state index in [0.29, 0.717) is 38.3 Å². The molecule has 0 spiro atoms. The van der Waals surface area contributed by atoms with Crippen LogP contribution < -0.4 is 4.90 Å². The molecule has 1 fully saturated rings. The number of hydrogen-bond donors (Lipinski definition) is 0. The summed E-state index contributed by atoms with van der Waals surface area (Å²) in [6.45, 7) is 4.74. The van der Waals surface area contributed by atoms with Crippen molar-refractivity contribution in [2.75, 3.05) is 36.8 Å². The summed E-state index contributed by atoms with van der Waals surface area (Å²) in [5.74, 6) is 0.777. The number of nitrogens with zero attached hydrogens (tertiary/aromatic N) is 2. The number of thioether (sulfide) groups is 1. The van der Waals surface area contributed by atoms with Crippen LogP contribution in [0.5, 0.6) is 0 Å². The fourth-order valence-corrected chi connectivity index (χ4v) is 3.79. The molecule has 3 rings (SSSR count). The van der Waals surface area contributed by atoms with Crippen molar-refractivity contribution in [1.82, 2.24) is 4.90 Å². The second-order valence-corrected chi connectivity index (χ2v) is 7.40. The standard InChI is InChI=1S/C20H23FN2OS/c1-16-6-8-17(9-7-16)25-15-10-20(24)23-13-11-22(12-14-23)19-5-3-2-4-18(19)21/h2-9H,10-15H2,1H3. The fourth-order valence-electron chi connectivity index (χ4n) is 2.95. The van der Waals surface area contributed by atoms with Gasteiger partial charge in [-0.3, -0.25) is 4.79 Å². The van der Waals surface area contributed by atoms with Crippen molar-refractivity contribution in [2.24, 2.45) is 0 Å². The van der Waals surface area contributed by atoms with Crippen molar-refractivity contribution >= 4 is 23.4 Å². The first kappa shape index (κ1) is 17.8. The van der Waals surface area contributed by atoms with Crippen molar-refractivity contribution in [3.05, 3.63) is 59.9 Å². The summed E-state index contributed by atoms with van der Waals surface area (Å²) in [6, 6.07) is 15.2. The number of hydrogen-bond acceptors (Lipinski definition) is 3. The molecule has 2 aromatic carbocycles. The fraction of sp³-hybridized carbons (Fsp3) is 0.350. The Morgan fingerprint density at radius 3 is 2.40 bits per heavy atom. The number of aryl methyl sites for hydroxylation is 1. The predicted octanol–water partition coefficient (Wildman–Crippen LogP) is 3.97. The Labute approximate surface area is 152 Å². The SMILES string of the molecule is Cc1ccc(SCCC(=O)N2CCN(c3ccccc3F)CC2)cc1. The van der Waals surface area contributed by atoms with Crippen molar-refractivity contribution < 1.29 is 9.18 Å². The van der Waals surface area contributed by atoms with Crippen LogP contribution in [0.2, 0.25) is 0 Å². The number of para-hydroxylation sites is 1. The summed E-state index contributed by atoms with van der Waals surface area (Å²) in [4.78, 5) is 17.5. The Morgan fingerprint density at radius 1 is 1.04 bits per heavy atom. The lowest BCUT2D eigenvalue weighted by Gasteiger charge is -2.36. The Balaban J connectivity index is 1.44. The van der Waals surface area contributed by atoms with Crippen molar-refractivity contribution in [2.45, 2.75) is 18.2 Å². The third kappa shape index (κ3) is 4.75. The van der Waals surface area contributed by atoms with Gasteiger partial charge >= 0.3 is 0 Å². The van der Waals surface area contributed by atoms with Gasteiger partial charge in [-0.2, -0.15) is 0 Å². The molecule has 1 heterocycles. The van der Waals surface area contributed by atoms with E-state index in [2.05, 4.69) is 31.2 Å². The van der Waals surface area contributed by atoms with Crippen molar-refractivity contribution in [3.8, 4) is 0 Å². The first-order valence-corrected chi connectivity index (χ1v) is 9.59. The molecule has 0 N–H and O–H groups in total. The van der Waals surface area contributed by atoms with E-state index < -0.39 is 0 Å². The van der Waals surface area contributed by atoms with Gasteiger partial charge in [-0.1, -0.05) is 29.8 Å². The number of rotatable bonds is 5. The number of carbonyl (C=O) groups is 1. The van der Waals surface area contributed by atoms with Crippen LogP contribution in [-0.2, 0) is 4.79 Å². The van der Waals surface area contributed by atoms with Gasteiger partial charge in [-0.05, 0) is 31.2 Å². The van der Waals surface area contributed by atoms with Gasteiger partial charge in [0.2, 0.25) is 5.91 Å². The Kier molecular flexibility index (Phi) is 5.97. The van der Waals surface area contributed by atoms with Crippen LogP contribution in [0.3, 0.4) is 0 Å². The normalized spacial score (nSPS) is 14.6. The highest BCUT2D eigenvalue weighted by Crippen LogP contribution is 2.22. The maximum Gasteiger partial charge on any atom is 0.223 e. The Morgan fingerprint density at radius 2 is 1.72 bits per heavy atom. The number of halogens is 1. The molecule has 0 unspecified atom stereocenters. The third-order valence-electron chi connectivity index (χ3n) is 4.43. The second-order valence-electron chi connectivity index (χ2n) is 6.23. The number of amides is 1. The highest BCUT2D eigenvalue weighted by Gasteiger charge is 2.22. The molecule has 0 saturated carbocycles. The Bertz CT molecular complexity index is 712. The van der Waals surface area contributed by atoms with Crippen molar-refractivity contribution in [3.63, 3.8) is 0 Å². The molecule has 0 aromatic heterocycles. The highest BCUT2D eigenvalue weighted by atomic mass is 32.2. The highest BCUT2D eigenvalue weighted by molar-refractivity contribution is 7.99. The van der Waals surface area contributed by atoms with Gasteiger partial charge in [0, 0.05) is 43.2 Å². The van der Waals surface area contributed by atoms with Gasteiger partial charge in [0.1, 0.15) is 5.82 Å². The van der Waals surface area contributed by atoms with E-state index in [1.807, 2.05) is 15.9 Å². The monoisotopic (exact) mass is 358 g/mol. The topological polar surface area (TPSA) is 23.6 Å². The van der Waals surface area contributed by atoms with Crippen LogP contribution in [-0.4, -0.2) is 42.7 Å². The van der Waals surface area contributed by atoms with Crippen LogP contribution in [0, 0.1) is 12.7 Å². The van der Waals surface area contributed by atoms with Gasteiger partial charge < -0.3 is 9.80 Å². The first-order valence-electron chi connectivity index (χ1n) is 8.60. The van der Waals surface area contributed by atoms with E-state index in [-0.39, 0.29) is 11.7 Å². The van der Waals surface area contributed by atoms with Gasteiger partial charge in [0.15, 0.2) is 0 Å². The van der Waals surface area contributed by atoms with E-state index in [9.17, 15) is 9.18 Å². The number of piperazine rings is 1. The molecule has 132 valence electrons. The quantitative estimate of drug-likeness (QED) is 0.756. The minimum absolute atomic E-state index is 0.188. The van der Waals surface area contributed by atoms with Gasteiger partial charge in [-0.15, -0.1) is 11.8 Å². The van der Waals surface area contributed by atoms with Crippen LogP contribution in [0.4, 0.5) is 10.1 Å². The number of benzene rings is 2. The molecular weight excluding hydrogens is 335 g/mol.